The van der Waals surface area contributed by atoms with Crippen molar-refractivity contribution < 1.29 is 9.80 Å². The number of ether oxygens (including phenoxy) is 1. The summed E-state index contributed by atoms with van der Waals surface area (Å²) < 4.78 is 5.36. The molecule has 1 rings (SSSR count). The number of methoxy groups -OCH3 is 1. The van der Waals surface area contributed by atoms with Crippen molar-refractivity contribution in [1.29, 1.82) is 0 Å². The summed E-state index contributed by atoms with van der Waals surface area (Å²) in [5.41, 5.74) is -0.440. The van der Waals surface area contributed by atoms with Crippen LogP contribution in [0.15, 0.2) is 0 Å². The van der Waals surface area contributed by atoms with E-state index in [1.165, 1.54) is 0 Å². The summed E-state index contributed by atoms with van der Waals surface area (Å²) in [6.45, 7) is 8.06. The van der Waals surface area contributed by atoms with Crippen LogP contribution in [0.1, 0.15) is 40.5 Å². The number of nitrogens with one attached hydrogen (secondary N) is 1. The van der Waals surface area contributed by atoms with Gasteiger partial charge in [-0.15, -0.1) is 0 Å². The Bertz CT molecular complexity index is 171. The summed E-state index contributed by atoms with van der Waals surface area (Å²) in [5.74, 6) is 0. The second-order valence-corrected chi connectivity index (χ2v) is 5.36. The Morgan fingerprint density at radius 2 is 1.54 bits per heavy atom. The lowest BCUT2D eigenvalue weighted by Crippen LogP contribution is -3.23. The largest absolute Gasteiger partial charge is 0.634 e. The van der Waals surface area contributed by atoms with Gasteiger partial charge < -0.3 is 15.0 Å². The average molecular weight is 187 g/mol. The van der Waals surface area contributed by atoms with Crippen molar-refractivity contribution >= 4 is 0 Å². The number of rotatable bonds is 1. The second kappa shape index (κ2) is 3.23. The molecule has 0 spiro atoms. The zero-order valence-electron chi connectivity index (χ0n) is 9.31. The van der Waals surface area contributed by atoms with E-state index in [1.54, 1.807) is 7.11 Å². The first-order valence-electron chi connectivity index (χ1n) is 4.87. The highest BCUT2D eigenvalue weighted by Gasteiger charge is 2.45. The van der Waals surface area contributed by atoms with Crippen LogP contribution in [0.25, 0.3) is 0 Å². The quantitative estimate of drug-likeness (QED) is 0.615. The molecule has 0 aliphatic carbocycles. The van der Waals surface area contributed by atoms with Gasteiger partial charge >= 0.3 is 0 Å². The van der Waals surface area contributed by atoms with Gasteiger partial charge in [-0.3, -0.25) is 0 Å². The Labute approximate surface area is 80.6 Å². The van der Waals surface area contributed by atoms with E-state index in [2.05, 4.69) is 0 Å². The number of hydrogen-bond acceptors (Lipinski definition) is 2. The summed E-state index contributed by atoms with van der Waals surface area (Å²) in [7, 11) is 1.73. The summed E-state index contributed by atoms with van der Waals surface area (Å²) in [6.07, 6.45) is 1.94. The van der Waals surface area contributed by atoms with Crippen LogP contribution in [0.4, 0.5) is 0 Å². The maximum absolute atomic E-state index is 12.0. The van der Waals surface area contributed by atoms with Crippen LogP contribution >= 0.6 is 0 Å². The fourth-order valence-electron chi connectivity index (χ4n) is 2.48. The van der Waals surface area contributed by atoms with E-state index in [-0.39, 0.29) is 17.2 Å². The number of hydroxylamine groups is 2. The highest BCUT2D eigenvalue weighted by molar-refractivity contribution is 4.86. The Kier molecular flexibility index (Phi) is 2.72. The van der Waals surface area contributed by atoms with E-state index in [0.717, 1.165) is 12.8 Å². The van der Waals surface area contributed by atoms with Gasteiger partial charge in [-0.25, -0.2) is 0 Å². The molecule has 0 aromatic heterocycles. The van der Waals surface area contributed by atoms with Crippen LogP contribution in [-0.4, -0.2) is 24.3 Å². The van der Waals surface area contributed by atoms with Gasteiger partial charge in [-0.2, -0.15) is 0 Å². The molecule has 13 heavy (non-hydrogen) atoms. The zero-order chi connectivity index (χ0) is 10.3. The Hall–Kier alpha value is -0.120. The van der Waals surface area contributed by atoms with Crippen molar-refractivity contribution in [1.82, 2.24) is 0 Å². The molecule has 1 aliphatic rings. The molecule has 3 nitrogen and oxygen atoms in total. The summed E-state index contributed by atoms with van der Waals surface area (Å²) in [4.78, 5) is 0. The summed E-state index contributed by atoms with van der Waals surface area (Å²) >= 11 is 0. The monoisotopic (exact) mass is 187 g/mol. The third-order valence-corrected chi connectivity index (χ3v) is 3.04. The molecular formula is C10H21NO2. The van der Waals surface area contributed by atoms with E-state index in [9.17, 15) is 5.21 Å². The lowest BCUT2D eigenvalue weighted by Gasteiger charge is -2.54. The Morgan fingerprint density at radius 1 is 1.15 bits per heavy atom. The third-order valence-electron chi connectivity index (χ3n) is 3.04. The first-order chi connectivity index (χ1) is 5.79. The molecule has 1 saturated heterocycles. The van der Waals surface area contributed by atoms with Gasteiger partial charge in [0.05, 0.1) is 17.2 Å². The van der Waals surface area contributed by atoms with Crippen LogP contribution in [0, 0.1) is 5.21 Å². The molecule has 1 aliphatic heterocycles. The minimum atomic E-state index is -0.220. The molecule has 0 radical (unpaired) electrons. The average Bonchev–Trinajstić information content (AvgIpc) is 1.99. The summed E-state index contributed by atoms with van der Waals surface area (Å²) in [6, 6.07) is 0. The van der Waals surface area contributed by atoms with Crippen molar-refractivity contribution in [3.8, 4) is 0 Å². The number of quaternary nitrogens is 1. The van der Waals surface area contributed by atoms with Crippen LogP contribution in [-0.2, 0) is 4.74 Å². The molecule has 1 N–H and O–H groups in total. The fraction of sp³-hybridized carbons (Fsp3) is 1.00. The molecule has 1 heterocycles. The predicted octanol–water partition coefficient (Wildman–Crippen LogP) is 0.735. The van der Waals surface area contributed by atoms with Crippen LogP contribution < -0.4 is 5.06 Å². The highest BCUT2D eigenvalue weighted by Crippen LogP contribution is 2.25. The normalized spacial score (nSPS) is 37.4. The van der Waals surface area contributed by atoms with Crippen molar-refractivity contribution in [2.45, 2.75) is 57.7 Å². The first-order valence-corrected chi connectivity index (χ1v) is 4.87. The van der Waals surface area contributed by atoms with Gasteiger partial charge in [0, 0.05) is 20.0 Å². The summed E-state index contributed by atoms with van der Waals surface area (Å²) in [5, 5.41) is 12.3. The van der Waals surface area contributed by atoms with Crippen LogP contribution in [0.3, 0.4) is 0 Å². The molecule has 1 fully saturated rings. The first kappa shape index (κ1) is 11.0. The van der Waals surface area contributed by atoms with Gasteiger partial charge in [-0.1, -0.05) is 0 Å². The predicted molar refractivity (Wildman–Crippen MR) is 52.5 cm³/mol. The molecule has 78 valence electrons. The molecule has 0 amide bonds. The minimum Gasteiger partial charge on any atom is -0.634 e. The second-order valence-electron chi connectivity index (χ2n) is 5.36. The molecule has 0 unspecified atom stereocenters. The highest BCUT2D eigenvalue weighted by atomic mass is 16.5. The molecule has 0 aromatic carbocycles. The molecule has 0 atom stereocenters. The van der Waals surface area contributed by atoms with E-state index in [1.807, 2.05) is 27.7 Å². The SMILES string of the molecule is COC1CC(C)(C)[NH+]([O-])C(C)(C)C1. The van der Waals surface area contributed by atoms with Crippen molar-refractivity contribution in [2.75, 3.05) is 7.11 Å². The van der Waals surface area contributed by atoms with Crippen LogP contribution in [0.5, 0.6) is 0 Å². The van der Waals surface area contributed by atoms with E-state index >= 15 is 0 Å². The molecule has 0 bridgehead atoms. The number of piperidine rings is 1. The number of hydrogen-bond donors (Lipinski definition) is 1. The molecule has 0 aromatic rings. The smallest absolute Gasteiger partial charge is 0.0946 e. The zero-order valence-corrected chi connectivity index (χ0v) is 9.31. The van der Waals surface area contributed by atoms with Crippen LogP contribution in [0.2, 0.25) is 0 Å². The topological polar surface area (TPSA) is 36.7 Å². The lowest BCUT2D eigenvalue weighted by atomic mass is 9.80. The Morgan fingerprint density at radius 3 is 1.85 bits per heavy atom. The van der Waals surface area contributed by atoms with E-state index in [0.29, 0.717) is 5.06 Å². The van der Waals surface area contributed by atoms with Crippen molar-refractivity contribution in [3.63, 3.8) is 0 Å². The maximum atomic E-state index is 12.0. The van der Waals surface area contributed by atoms with E-state index in [4.69, 9.17) is 4.74 Å². The van der Waals surface area contributed by atoms with Gasteiger partial charge in [0.15, 0.2) is 0 Å². The van der Waals surface area contributed by atoms with Gasteiger partial charge in [0.1, 0.15) is 0 Å². The third kappa shape index (κ3) is 2.03. The molecule has 3 heteroatoms. The molecular weight excluding hydrogens is 166 g/mol. The minimum absolute atomic E-state index is 0.220. The fourth-order valence-corrected chi connectivity index (χ4v) is 2.48. The van der Waals surface area contributed by atoms with Gasteiger partial charge in [0.25, 0.3) is 0 Å². The van der Waals surface area contributed by atoms with Crippen molar-refractivity contribution in [2.24, 2.45) is 0 Å². The Balaban J connectivity index is 2.82. The van der Waals surface area contributed by atoms with Crippen molar-refractivity contribution in [3.05, 3.63) is 5.21 Å². The van der Waals surface area contributed by atoms with Gasteiger partial charge in [-0.05, 0) is 27.7 Å². The molecule has 0 saturated carbocycles. The van der Waals surface area contributed by atoms with E-state index < -0.39 is 0 Å². The standard InChI is InChI=1S/C10H21NO2/c1-9(2)6-8(13-5)7-10(3,4)11(9)12/h8,11H,6-7H2,1-5H3. The van der Waals surface area contributed by atoms with Gasteiger partial charge in [0.2, 0.25) is 0 Å². The lowest BCUT2D eigenvalue weighted by molar-refractivity contribution is -0.956. The maximum Gasteiger partial charge on any atom is 0.0946 e.